The number of nitrogens with zero attached hydrogens (tertiary/aromatic N) is 2. The first-order chi connectivity index (χ1) is 12.5. The van der Waals surface area contributed by atoms with Gasteiger partial charge in [0, 0.05) is 24.0 Å². The van der Waals surface area contributed by atoms with Gasteiger partial charge >= 0.3 is 5.97 Å². The average Bonchev–Trinajstić information content (AvgIpc) is 2.99. The van der Waals surface area contributed by atoms with E-state index in [9.17, 15) is 10.1 Å². The lowest BCUT2D eigenvalue weighted by atomic mass is 10.2. The minimum atomic E-state index is -0.605. The Kier molecular flexibility index (Phi) is 5.58. The summed E-state index contributed by atoms with van der Waals surface area (Å²) in [5.41, 5.74) is 1.83. The first kappa shape index (κ1) is 18.4. The third-order valence-electron chi connectivity index (χ3n) is 3.58. The van der Waals surface area contributed by atoms with Crippen LogP contribution in [0.2, 0.25) is 15.1 Å². The van der Waals surface area contributed by atoms with Crippen molar-refractivity contribution in [1.29, 1.82) is 5.26 Å². The molecule has 2 aromatic heterocycles. The van der Waals surface area contributed by atoms with E-state index in [-0.39, 0.29) is 34.0 Å². The Morgan fingerprint density at radius 1 is 1.15 bits per heavy atom. The second kappa shape index (κ2) is 7.88. The standard InChI is InChI=1S/C18H11Cl3N2O3/c19-13-5-15(21)17(6-14(13)20)25-10-18(24)26-9-11-8-23-4-2-1-3-16(23)12(11)7-22/h1-6,8H,9-10H2. The van der Waals surface area contributed by atoms with Crippen LogP contribution in [0.15, 0.2) is 42.7 Å². The topological polar surface area (TPSA) is 63.7 Å². The van der Waals surface area contributed by atoms with E-state index in [1.165, 1.54) is 12.1 Å². The summed E-state index contributed by atoms with van der Waals surface area (Å²) in [6.07, 6.45) is 3.56. The predicted octanol–water partition coefficient (Wildman–Crippen LogP) is 4.89. The van der Waals surface area contributed by atoms with Crippen molar-refractivity contribution < 1.29 is 14.3 Å². The van der Waals surface area contributed by atoms with Gasteiger partial charge in [-0.3, -0.25) is 0 Å². The Morgan fingerprint density at radius 2 is 1.92 bits per heavy atom. The highest BCUT2D eigenvalue weighted by Crippen LogP contribution is 2.33. The van der Waals surface area contributed by atoms with E-state index >= 15 is 0 Å². The zero-order valence-electron chi connectivity index (χ0n) is 13.2. The molecule has 0 bridgehead atoms. The number of fused-ring (bicyclic) bond motifs is 1. The maximum Gasteiger partial charge on any atom is 0.344 e. The molecule has 0 fully saturated rings. The van der Waals surface area contributed by atoms with E-state index in [0.29, 0.717) is 11.1 Å². The molecule has 0 N–H and O–H groups in total. The monoisotopic (exact) mass is 408 g/mol. The zero-order chi connectivity index (χ0) is 18.7. The summed E-state index contributed by atoms with van der Waals surface area (Å²) in [5, 5.41) is 10.1. The van der Waals surface area contributed by atoms with Crippen LogP contribution in [0.3, 0.4) is 0 Å². The maximum absolute atomic E-state index is 11.9. The molecular formula is C18H11Cl3N2O3. The molecule has 0 aliphatic carbocycles. The van der Waals surface area contributed by atoms with Gasteiger partial charge in [-0.15, -0.1) is 0 Å². The summed E-state index contributed by atoms with van der Waals surface area (Å²) in [4.78, 5) is 11.9. The van der Waals surface area contributed by atoms with E-state index < -0.39 is 5.97 Å². The fraction of sp³-hybridized carbons (Fsp3) is 0.111. The second-order valence-electron chi connectivity index (χ2n) is 5.28. The minimum Gasteiger partial charge on any atom is -0.480 e. The van der Waals surface area contributed by atoms with Crippen LogP contribution in [-0.4, -0.2) is 17.0 Å². The van der Waals surface area contributed by atoms with Crippen LogP contribution in [0.25, 0.3) is 5.52 Å². The number of nitriles is 1. The van der Waals surface area contributed by atoms with Crippen LogP contribution in [0.5, 0.6) is 5.75 Å². The Balaban J connectivity index is 1.63. The number of benzene rings is 1. The molecule has 3 rings (SSSR count). The molecule has 2 heterocycles. The quantitative estimate of drug-likeness (QED) is 0.444. The van der Waals surface area contributed by atoms with Gasteiger partial charge in [-0.05, 0) is 18.2 Å². The largest absolute Gasteiger partial charge is 0.480 e. The molecule has 0 aliphatic heterocycles. The Bertz CT molecular complexity index is 1020. The molecule has 5 nitrogen and oxygen atoms in total. The molecule has 0 unspecified atom stereocenters. The molecule has 26 heavy (non-hydrogen) atoms. The highest BCUT2D eigenvalue weighted by molar-refractivity contribution is 6.43. The van der Waals surface area contributed by atoms with Crippen molar-refractivity contribution in [2.24, 2.45) is 0 Å². The van der Waals surface area contributed by atoms with Gasteiger partial charge in [0.25, 0.3) is 0 Å². The summed E-state index contributed by atoms with van der Waals surface area (Å²) in [6.45, 7) is -0.394. The summed E-state index contributed by atoms with van der Waals surface area (Å²) in [5.74, 6) is -0.378. The number of pyridine rings is 1. The molecule has 0 saturated heterocycles. The molecule has 0 saturated carbocycles. The van der Waals surface area contributed by atoms with Gasteiger partial charge in [0.1, 0.15) is 18.4 Å². The Labute approximate surface area is 164 Å². The van der Waals surface area contributed by atoms with Crippen molar-refractivity contribution in [2.45, 2.75) is 6.61 Å². The molecule has 0 atom stereocenters. The van der Waals surface area contributed by atoms with Gasteiger partial charge in [0.05, 0.1) is 26.1 Å². The SMILES string of the molecule is N#Cc1c(COC(=O)COc2cc(Cl)c(Cl)cc2Cl)cn2ccccc12. The van der Waals surface area contributed by atoms with E-state index in [1.54, 1.807) is 10.6 Å². The lowest BCUT2D eigenvalue weighted by molar-refractivity contribution is -0.147. The second-order valence-corrected chi connectivity index (χ2v) is 6.50. The summed E-state index contributed by atoms with van der Waals surface area (Å²) in [6, 6.07) is 10.5. The molecule has 1 aromatic carbocycles. The van der Waals surface area contributed by atoms with E-state index in [2.05, 4.69) is 6.07 Å². The molecule has 0 radical (unpaired) electrons. The zero-order valence-corrected chi connectivity index (χ0v) is 15.5. The first-order valence-electron chi connectivity index (χ1n) is 7.41. The van der Waals surface area contributed by atoms with Gasteiger partial charge in [0.2, 0.25) is 0 Å². The van der Waals surface area contributed by atoms with Crippen LogP contribution in [0.1, 0.15) is 11.1 Å². The van der Waals surface area contributed by atoms with Crippen molar-refractivity contribution in [3.8, 4) is 11.8 Å². The number of hydrogen-bond acceptors (Lipinski definition) is 4. The van der Waals surface area contributed by atoms with Crippen molar-refractivity contribution in [2.75, 3.05) is 6.61 Å². The highest BCUT2D eigenvalue weighted by atomic mass is 35.5. The molecular weight excluding hydrogens is 399 g/mol. The fourth-order valence-electron chi connectivity index (χ4n) is 2.37. The molecule has 0 spiro atoms. The van der Waals surface area contributed by atoms with Crippen molar-refractivity contribution in [3.63, 3.8) is 0 Å². The number of ether oxygens (including phenoxy) is 2. The van der Waals surface area contributed by atoms with Gasteiger partial charge in [-0.1, -0.05) is 40.9 Å². The van der Waals surface area contributed by atoms with Crippen molar-refractivity contribution in [1.82, 2.24) is 4.40 Å². The average molecular weight is 410 g/mol. The van der Waals surface area contributed by atoms with Gasteiger partial charge in [0.15, 0.2) is 6.61 Å². The first-order valence-corrected chi connectivity index (χ1v) is 8.54. The fourth-order valence-corrected chi connectivity index (χ4v) is 2.96. The molecule has 0 amide bonds. The number of rotatable bonds is 5. The maximum atomic E-state index is 11.9. The van der Waals surface area contributed by atoms with Crippen LogP contribution in [0.4, 0.5) is 0 Å². The van der Waals surface area contributed by atoms with Crippen molar-refractivity contribution in [3.05, 3.63) is 68.9 Å². The number of halogens is 3. The summed E-state index contributed by atoms with van der Waals surface area (Å²) >= 11 is 17.7. The van der Waals surface area contributed by atoms with E-state index in [4.69, 9.17) is 44.3 Å². The van der Waals surface area contributed by atoms with E-state index in [1.807, 2.05) is 24.4 Å². The van der Waals surface area contributed by atoms with Gasteiger partial charge < -0.3 is 13.9 Å². The lowest BCUT2D eigenvalue weighted by Crippen LogP contribution is -2.15. The Morgan fingerprint density at radius 3 is 2.69 bits per heavy atom. The van der Waals surface area contributed by atoms with E-state index in [0.717, 1.165) is 5.52 Å². The number of carbonyl (C=O) groups excluding carboxylic acids is 1. The minimum absolute atomic E-state index is 0.0398. The normalized spacial score (nSPS) is 10.5. The molecule has 132 valence electrons. The summed E-state index contributed by atoms with van der Waals surface area (Å²) < 4.78 is 12.3. The molecule has 8 heteroatoms. The van der Waals surface area contributed by atoms with Crippen LogP contribution in [-0.2, 0) is 16.1 Å². The highest BCUT2D eigenvalue weighted by Gasteiger charge is 2.14. The van der Waals surface area contributed by atoms with Crippen molar-refractivity contribution >= 4 is 46.3 Å². The van der Waals surface area contributed by atoms with Crippen LogP contribution in [0, 0.1) is 11.3 Å². The third kappa shape index (κ3) is 3.88. The molecule has 0 aliphatic rings. The van der Waals surface area contributed by atoms with Gasteiger partial charge in [-0.25, -0.2) is 4.79 Å². The number of carbonyl (C=O) groups is 1. The summed E-state index contributed by atoms with van der Waals surface area (Å²) in [7, 11) is 0. The number of aromatic nitrogens is 1. The predicted molar refractivity (Wildman–Crippen MR) is 98.9 cm³/mol. The van der Waals surface area contributed by atoms with Crippen LogP contribution >= 0.6 is 34.8 Å². The smallest absolute Gasteiger partial charge is 0.344 e. The lowest BCUT2D eigenvalue weighted by Gasteiger charge is -2.09. The third-order valence-corrected chi connectivity index (χ3v) is 4.60. The molecule has 3 aromatic rings. The number of hydrogen-bond donors (Lipinski definition) is 0. The van der Waals surface area contributed by atoms with Crippen LogP contribution < -0.4 is 4.74 Å². The Hall–Kier alpha value is -2.39. The van der Waals surface area contributed by atoms with Gasteiger partial charge in [-0.2, -0.15) is 5.26 Å². The number of esters is 1.